The Morgan fingerprint density at radius 2 is 2.45 bits per heavy atom. The minimum atomic E-state index is 0.994. The smallest absolute Gasteiger partial charge is 0.0130 e. The van der Waals surface area contributed by atoms with Crippen molar-refractivity contribution in [2.45, 2.75) is 39.0 Å². The molecule has 0 saturated carbocycles. The topological polar surface area (TPSA) is 0 Å². The van der Waals surface area contributed by atoms with E-state index in [-0.39, 0.29) is 0 Å². The molecule has 0 aliphatic heterocycles. The van der Waals surface area contributed by atoms with E-state index in [9.17, 15) is 0 Å². The zero-order valence-corrected chi connectivity index (χ0v) is 7.27. The van der Waals surface area contributed by atoms with Gasteiger partial charge in [-0.2, -0.15) is 0 Å². The molecular weight excluding hydrogens is 132 g/mol. The highest BCUT2D eigenvalue weighted by molar-refractivity contribution is 5.35. The molecule has 2 aliphatic carbocycles. The van der Waals surface area contributed by atoms with Crippen LogP contribution < -0.4 is 0 Å². The van der Waals surface area contributed by atoms with Gasteiger partial charge >= 0.3 is 0 Å². The van der Waals surface area contributed by atoms with Gasteiger partial charge in [0, 0.05) is 0 Å². The first-order chi connectivity index (χ1) is 5.40. The molecule has 0 aromatic heterocycles. The van der Waals surface area contributed by atoms with Crippen LogP contribution in [0.2, 0.25) is 0 Å². The van der Waals surface area contributed by atoms with Gasteiger partial charge in [0.15, 0.2) is 0 Å². The number of rotatable bonds is 1. The minimum Gasteiger partial charge on any atom is -0.0802 e. The Bertz CT molecular complexity index is 208. The van der Waals surface area contributed by atoms with E-state index in [4.69, 9.17) is 0 Å². The van der Waals surface area contributed by atoms with E-state index in [1.165, 1.54) is 32.1 Å². The van der Waals surface area contributed by atoms with Crippen LogP contribution in [0.3, 0.4) is 0 Å². The lowest BCUT2D eigenvalue weighted by Crippen LogP contribution is -2.06. The molecule has 0 amide bonds. The summed E-state index contributed by atoms with van der Waals surface area (Å²) in [6, 6.07) is 0. The van der Waals surface area contributed by atoms with Gasteiger partial charge in [0.25, 0.3) is 0 Å². The predicted octanol–water partition coefficient (Wildman–Crippen LogP) is 3.45. The Morgan fingerprint density at radius 3 is 3.27 bits per heavy atom. The zero-order chi connectivity index (χ0) is 7.68. The van der Waals surface area contributed by atoms with E-state index in [1.54, 1.807) is 11.1 Å². The molecule has 0 bridgehead atoms. The van der Waals surface area contributed by atoms with Crippen molar-refractivity contribution >= 4 is 0 Å². The Hall–Kier alpha value is -0.520. The quantitative estimate of drug-likeness (QED) is 0.534. The molecule has 0 saturated heterocycles. The number of allylic oxidation sites excluding steroid dienone is 4. The second kappa shape index (κ2) is 2.84. The molecular formula is C11H16. The maximum atomic E-state index is 2.33. The van der Waals surface area contributed by atoms with Crippen LogP contribution in [0.15, 0.2) is 23.3 Å². The summed E-state index contributed by atoms with van der Waals surface area (Å²) in [5, 5.41) is 0. The van der Waals surface area contributed by atoms with Gasteiger partial charge < -0.3 is 0 Å². The zero-order valence-electron chi connectivity index (χ0n) is 7.27. The molecule has 0 radical (unpaired) electrons. The summed E-state index contributed by atoms with van der Waals surface area (Å²) < 4.78 is 0. The molecule has 0 aromatic rings. The fourth-order valence-corrected chi connectivity index (χ4v) is 2.23. The summed E-state index contributed by atoms with van der Waals surface area (Å²) in [4.78, 5) is 0. The summed E-state index contributed by atoms with van der Waals surface area (Å²) in [5.74, 6) is 0.994. The van der Waals surface area contributed by atoms with Crippen molar-refractivity contribution in [1.82, 2.24) is 0 Å². The van der Waals surface area contributed by atoms with Crippen LogP contribution in [-0.4, -0.2) is 0 Å². The average Bonchev–Trinajstić information content (AvgIpc) is 2.50. The first kappa shape index (κ1) is 7.15. The van der Waals surface area contributed by atoms with Gasteiger partial charge in [-0.05, 0) is 37.2 Å². The van der Waals surface area contributed by atoms with E-state index < -0.39 is 0 Å². The van der Waals surface area contributed by atoms with Crippen LogP contribution in [0.4, 0.5) is 0 Å². The monoisotopic (exact) mass is 148 g/mol. The molecule has 0 heteroatoms. The van der Waals surface area contributed by atoms with Crippen molar-refractivity contribution in [2.24, 2.45) is 5.92 Å². The molecule has 0 nitrogen and oxygen atoms in total. The summed E-state index contributed by atoms with van der Waals surface area (Å²) >= 11 is 0. The molecule has 11 heavy (non-hydrogen) atoms. The first-order valence-electron chi connectivity index (χ1n) is 4.77. The van der Waals surface area contributed by atoms with Gasteiger partial charge in [0.2, 0.25) is 0 Å². The summed E-state index contributed by atoms with van der Waals surface area (Å²) in [7, 11) is 0. The van der Waals surface area contributed by atoms with E-state index in [0.29, 0.717) is 0 Å². The van der Waals surface area contributed by atoms with Crippen molar-refractivity contribution in [3.63, 3.8) is 0 Å². The molecule has 0 aromatic carbocycles. The van der Waals surface area contributed by atoms with E-state index >= 15 is 0 Å². The Labute approximate surface area is 69.0 Å². The molecule has 0 fully saturated rings. The molecule has 1 unspecified atom stereocenters. The lowest BCUT2D eigenvalue weighted by atomic mass is 9.84. The maximum absolute atomic E-state index is 2.33. The third-order valence-electron chi connectivity index (χ3n) is 3.07. The van der Waals surface area contributed by atoms with Gasteiger partial charge in [-0.1, -0.05) is 31.1 Å². The summed E-state index contributed by atoms with van der Waals surface area (Å²) in [6.45, 7) is 2.32. The maximum Gasteiger partial charge on any atom is -0.0130 e. The van der Waals surface area contributed by atoms with E-state index in [0.717, 1.165) is 5.92 Å². The molecule has 0 spiro atoms. The summed E-state index contributed by atoms with van der Waals surface area (Å²) in [5.41, 5.74) is 3.40. The van der Waals surface area contributed by atoms with E-state index in [2.05, 4.69) is 19.1 Å². The Morgan fingerprint density at radius 1 is 1.55 bits per heavy atom. The molecule has 2 rings (SSSR count). The van der Waals surface area contributed by atoms with Gasteiger partial charge in [0.05, 0.1) is 0 Å². The summed E-state index contributed by atoms with van der Waals surface area (Å²) in [6.07, 6.45) is 11.5. The van der Waals surface area contributed by atoms with Crippen molar-refractivity contribution in [3.8, 4) is 0 Å². The first-order valence-corrected chi connectivity index (χ1v) is 4.77. The Balaban J connectivity index is 2.08. The van der Waals surface area contributed by atoms with Crippen LogP contribution in [0, 0.1) is 5.92 Å². The number of hydrogen-bond acceptors (Lipinski definition) is 0. The highest BCUT2D eigenvalue weighted by atomic mass is 14.2. The molecule has 2 aliphatic rings. The van der Waals surface area contributed by atoms with Crippen LogP contribution in [-0.2, 0) is 0 Å². The Kier molecular flexibility index (Phi) is 1.85. The van der Waals surface area contributed by atoms with Crippen LogP contribution in [0.5, 0.6) is 0 Å². The highest BCUT2D eigenvalue weighted by Crippen LogP contribution is 2.36. The minimum absolute atomic E-state index is 0.994. The van der Waals surface area contributed by atoms with E-state index in [1.807, 2.05) is 0 Å². The van der Waals surface area contributed by atoms with Crippen LogP contribution >= 0.6 is 0 Å². The lowest BCUT2D eigenvalue weighted by molar-refractivity contribution is 0.444. The second-order valence-corrected chi connectivity index (χ2v) is 3.75. The third-order valence-corrected chi connectivity index (χ3v) is 3.07. The standard InChI is InChI=1S/C11H16/c1-2-9-6-7-10-4-3-5-11(10)8-9/h3-4,9H,2,5-8H2,1H3. The van der Waals surface area contributed by atoms with Crippen molar-refractivity contribution in [1.29, 1.82) is 0 Å². The largest absolute Gasteiger partial charge is 0.0802 e. The highest BCUT2D eigenvalue weighted by Gasteiger charge is 2.19. The van der Waals surface area contributed by atoms with Crippen LogP contribution in [0.1, 0.15) is 39.0 Å². The number of hydrogen-bond donors (Lipinski definition) is 0. The van der Waals surface area contributed by atoms with Gasteiger partial charge in [-0.15, -0.1) is 0 Å². The SMILES string of the molecule is CCC1CCC2=C(CC=C2)C1. The van der Waals surface area contributed by atoms with Gasteiger partial charge in [0.1, 0.15) is 0 Å². The molecule has 60 valence electrons. The molecule has 1 atom stereocenters. The molecule has 0 N–H and O–H groups in total. The van der Waals surface area contributed by atoms with Crippen LogP contribution in [0.25, 0.3) is 0 Å². The predicted molar refractivity (Wildman–Crippen MR) is 48.4 cm³/mol. The molecule has 0 heterocycles. The van der Waals surface area contributed by atoms with Crippen molar-refractivity contribution < 1.29 is 0 Å². The van der Waals surface area contributed by atoms with Crippen molar-refractivity contribution in [3.05, 3.63) is 23.3 Å². The van der Waals surface area contributed by atoms with Gasteiger partial charge in [-0.25, -0.2) is 0 Å². The second-order valence-electron chi connectivity index (χ2n) is 3.75. The fraction of sp³-hybridized carbons (Fsp3) is 0.636. The average molecular weight is 148 g/mol. The lowest BCUT2D eigenvalue weighted by Gasteiger charge is -2.22. The fourth-order valence-electron chi connectivity index (χ4n) is 2.23. The third kappa shape index (κ3) is 1.26. The normalized spacial score (nSPS) is 29.4. The van der Waals surface area contributed by atoms with Gasteiger partial charge in [-0.3, -0.25) is 0 Å². The van der Waals surface area contributed by atoms with Crippen molar-refractivity contribution in [2.75, 3.05) is 0 Å².